The van der Waals surface area contributed by atoms with Gasteiger partial charge in [0.25, 0.3) is 5.91 Å². The van der Waals surface area contributed by atoms with Crippen LogP contribution in [0.3, 0.4) is 0 Å². The Bertz CT molecular complexity index is 745. The van der Waals surface area contributed by atoms with Crippen molar-refractivity contribution < 1.29 is 9.59 Å². The normalized spacial score (nSPS) is 16.3. The van der Waals surface area contributed by atoms with Crippen molar-refractivity contribution >= 4 is 29.1 Å². The summed E-state index contributed by atoms with van der Waals surface area (Å²) >= 11 is 6.14. The number of para-hydroxylation sites is 1. The summed E-state index contributed by atoms with van der Waals surface area (Å²) in [5.41, 5.74) is 2.15. The molecule has 2 amide bonds. The van der Waals surface area contributed by atoms with Crippen molar-refractivity contribution in [3.8, 4) is 0 Å². The van der Waals surface area contributed by atoms with Crippen LogP contribution in [0, 0.1) is 0 Å². The lowest BCUT2D eigenvalue weighted by Crippen LogP contribution is -2.47. The van der Waals surface area contributed by atoms with Crippen molar-refractivity contribution in [3.63, 3.8) is 0 Å². The molecule has 1 heterocycles. The fourth-order valence-corrected chi connectivity index (χ4v) is 2.99. The standard InChI is InChI=1S/C17H15ClN2O2/c1-19-16(21)15-10-11-6-2-5-9-14(11)20(15)17(22)12-7-3-4-8-13(12)18/h2-9,15H,10H2,1H3,(H,19,21)/t15-/m1/s1. The largest absolute Gasteiger partial charge is 0.357 e. The highest BCUT2D eigenvalue weighted by molar-refractivity contribution is 6.34. The fourth-order valence-electron chi connectivity index (χ4n) is 2.78. The van der Waals surface area contributed by atoms with E-state index in [1.807, 2.05) is 24.3 Å². The quantitative estimate of drug-likeness (QED) is 0.926. The van der Waals surface area contributed by atoms with Gasteiger partial charge in [-0.05, 0) is 23.8 Å². The number of nitrogens with zero attached hydrogens (tertiary/aromatic N) is 1. The number of carbonyl (C=O) groups is 2. The smallest absolute Gasteiger partial charge is 0.260 e. The first-order chi connectivity index (χ1) is 10.6. The third-order valence-electron chi connectivity index (χ3n) is 3.85. The van der Waals surface area contributed by atoms with Crippen molar-refractivity contribution in [1.82, 2.24) is 5.32 Å². The molecule has 0 saturated carbocycles. The molecule has 0 aromatic heterocycles. The lowest BCUT2D eigenvalue weighted by atomic mass is 10.1. The predicted molar refractivity (Wildman–Crippen MR) is 86.3 cm³/mol. The molecule has 0 unspecified atom stereocenters. The van der Waals surface area contributed by atoms with Crippen LogP contribution >= 0.6 is 11.6 Å². The highest BCUT2D eigenvalue weighted by Crippen LogP contribution is 2.34. The van der Waals surface area contributed by atoms with Gasteiger partial charge in [0.1, 0.15) is 6.04 Å². The van der Waals surface area contributed by atoms with Gasteiger partial charge < -0.3 is 5.32 Å². The number of fused-ring (bicyclic) bond motifs is 1. The number of hydrogen-bond donors (Lipinski definition) is 1. The van der Waals surface area contributed by atoms with Gasteiger partial charge in [0.2, 0.25) is 5.91 Å². The number of anilines is 1. The molecule has 4 nitrogen and oxygen atoms in total. The number of likely N-dealkylation sites (N-methyl/N-ethyl adjacent to an activating group) is 1. The van der Waals surface area contributed by atoms with Crippen LogP contribution < -0.4 is 10.2 Å². The lowest BCUT2D eigenvalue weighted by Gasteiger charge is -2.24. The second-order valence-corrected chi connectivity index (χ2v) is 5.53. The Morgan fingerprint density at radius 1 is 1.14 bits per heavy atom. The number of amides is 2. The van der Waals surface area contributed by atoms with Crippen LogP contribution in [0.25, 0.3) is 0 Å². The van der Waals surface area contributed by atoms with E-state index < -0.39 is 6.04 Å². The zero-order chi connectivity index (χ0) is 15.7. The molecule has 1 N–H and O–H groups in total. The number of rotatable bonds is 2. The van der Waals surface area contributed by atoms with Crippen molar-refractivity contribution in [3.05, 3.63) is 64.7 Å². The molecule has 1 aliphatic rings. The summed E-state index contributed by atoms with van der Waals surface area (Å²) in [4.78, 5) is 26.6. The first-order valence-electron chi connectivity index (χ1n) is 7.01. The second-order valence-electron chi connectivity index (χ2n) is 5.12. The predicted octanol–water partition coefficient (Wildman–Crippen LogP) is 2.66. The number of hydrogen-bond acceptors (Lipinski definition) is 2. The molecule has 0 aliphatic carbocycles. The lowest BCUT2D eigenvalue weighted by molar-refractivity contribution is -0.121. The van der Waals surface area contributed by atoms with Gasteiger partial charge in [-0.2, -0.15) is 0 Å². The summed E-state index contributed by atoms with van der Waals surface area (Å²) in [6.07, 6.45) is 0.506. The Balaban J connectivity index is 2.07. The molecule has 0 saturated heterocycles. The molecule has 0 spiro atoms. The first-order valence-corrected chi connectivity index (χ1v) is 7.39. The van der Waals surface area contributed by atoms with Gasteiger partial charge in [0, 0.05) is 19.2 Å². The van der Waals surface area contributed by atoms with Crippen LogP contribution in [-0.4, -0.2) is 24.9 Å². The third kappa shape index (κ3) is 2.35. The van der Waals surface area contributed by atoms with Crippen LogP contribution in [0.2, 0.25) is 5.02 Å². The van der Waals surface area contributed by atoms with Gasteiger partial charge in [-0.15, -0.1) is 0 Å². The van der Waals surface area contributed by atoms with E-state index in [1.54, 1.807) is 31.3 Å². The Labute approximate surface area is 133 Å². The van der Waals surface area contributed by atoms with Crippen molar-refractivity contribution in [2.45, 2.75) is 12.5 Å². The minimum Gasteiger partial charge on any atom is -0.357 e. The van der Waals surface area contributed by atoms with Crippen LogP contribution in [0.4, 0.5) is 5.69 Å². The Morgan fingerprint density at radius 3 is 2.55 bits per heavy atom. The fraction of sp³-hybridized carbons (Fsp3) is 0.176. The number of nitrogens with one attached hydrogen (secondary N) is 1. The maximum Gasteiger partial charge on any atom is 0.260 e. The molecule has 2 aromatic carbocycles. The van der Waals surface area contributed by atoms with Gasteiger partial charge >= 0.3 is 0 Å². The number of halogens is 1. The van der Waals surface area contributed by atoms with Gasteiger partial charge in [0.05, 0.1) is 10.6 Å². The average molecular weight is 315 g/mol. The van der Waals surface area contributed by atoms with Gasteiger partial charge in [0.15, 0.2) is 0 Å². The van der Waals surface area contributed by atoms with Crippen molar-refractivity contribution in [2.75, 3.05) is 11.9 Å². The van der Waals surface area contributed by atoms with Gasteiger partial charge in [-0.1, -0.05) is 41.9 Å². The molecule has 1 atom stereocenters. The highest BCUT2D eigenvalue weighted by Gasteiger charge is 2.38. The van der Waals surface area contributed by atoms with Gasteiger partial charge in [-0.3, -0.25) is 14.5 Å². The minimum atomic E-state index is -0.550. The summed E-state index contributed by atoms with van der Waals surface area (Å²) in [6, 6.07) is 13.9. The monoisotopic (exact) mass is 314 g/mol. The van der Waals surface area contributed by atoms with Crippen LogP contribution in [0.15, 0.2) is 48.5 Å². The molecule has 2 aromatic rings. The summed E-state index contributed by atoms with van der Waals surface area (Å²) in [7, 11) is 1.57. The van der Waals surface area contributed by atoms with E-state index >= 15 is 0 Å². The molecule has 22 heavy (non-hydrogen) atoms. The number of carbonyl (C=O) groups excluding carboxylic acids is 2. The van der Waals surface area contributed by atoms with E-state index in [4.69, 9.17) is 11.6 Å². The Hall–Kier alpha value is -2.33. The molecule has 0 bridgehead atoms. The van der Waals surface area contributed by atoms with E-state index in [-0.39, 0.29) is 11.8 Å². The zero-order valence-electron chi connectivity index (χ0n) is 12.0. The van der Waals surface area contributed by atoms with Crippen LogP contribution in [-0.2, 0) is 11.2 Å². The van der Waals surface area contributed by atoms with E-state index in [2.05, 4.69) is 5.32 Å². The summed E-state index contributed by atoms with van der Waals surface area (Å²) in [6.45, 7) is 0. The maximum atomic E-state index is 12.9. The van der Waals surface area contributed by atoms with E-state index in [0.29, 0.717) is 17.0 Å². The minimum absolute atomic E-state index is 0.184. The third-order valence-corrected chi connectivity index (χ3v) is 4.18. The van der Waals surface area contributed by atoms with E-state index in [0.717, 1.165) is 11.3 Å². The summed E-state index contributed by atoms with van der Waals surface area (Å²) in [5, 5.41) is 3.01. The molecule has 5 heteroatoms. The molecule has 1 aliphatic heterocycles. The van der Waals surface area contributed by atoms with Crippen LogP contribution in [0.5, 0.6) is 0 Å². The van der Waals surface area contributed by atoms with Crippen molar-refractivity contribution in [1.29, 1.82) is 0 Å². The molecule has 112 valence electrons. The first kappa shape index (κ1) is 14.6. The Morgan fingerprint density at radius 2 is 1.82 bits per heavy atom. The molecular weight excluding hydrogens is 300 g/mol. The van der Waals surface area contributed by atoms with Gasteiger partial charge in [-0.25, -0.2) is 0 Å². The summed E-state index contributed by atoms with van der Waals surface area (Å²) in [5.74, 6) is -0.444. The Kier molecular flexibility index (Phi) is 3.86. The SMILES string of the molecule is CNC(=O)[C@H]1Cc2ccccc2N1C(=O)c1ccccc1Cl. The van der Waals surface area contributed by atoms with Crippen LogP contribution in [0.1, 0.15) is 15.9 Å². The zero-order valence-corrected chi connectivity index (χ0v) is 12.8. The maximum absolute atomic E-state index is 12.9. The van der Waals surface area contributed by atoms with Crippen molar-refractivity contribution in [2.24, 2.45) is 0 Å². The molecule has 3 rings (SSSR count). The molecule has 0 radical (unpaired) electrons. The number of benzene rings is 2. The van der Waals surface area contributed by atoms with E-state index in [9.17, 15) is 9.59 Å². The summed E-state index contributed by atoms with van der Waals surface area (Å²) < 4.78 is 0. The highest BCUT2D eigenvalue weighted by atomic mass is 35.5. The molecular formula is C17H15ClN2O2. The molecule has 0 fully saturated rings. The van der Waals surface area contributed by atoms with E-state index in [1.165, 1.54) is 4.90 Å². The topological polar surface area (TPSA) is 49.4 Å². The second kappa shape index (κ2) is 5.81. The average Bonchev–Trinajstić information content (AvgIpc) is 2.93.